The standard InChI is InChI=1S/C23H31N3O3S/c27-20(19-2-1-8-29-19)26-7-9-30-23(26)3-5-25(6-4-23)21(28)24-22-13-16-10-17(14-22)12-18(11-16)15-22/h1-2,8,16-18H,3-7,9-15H2,(H,24,28). The number of carbonyl (C=O) groups excluding carboxylic acids is 2. The Balaban J connectivity index is 1.11. The van der Waals surface area contributed by atoms with Crippen LogP contribution < -0.4 is 5.32 Å². The maximum Gasteiger partial charge on any atom is 0.317 e. The predicted octanol–water partition coefficient (Wildman–Crippen LogP) is 3.94. The summed E-state index contributed by atoms with van der Waals surface area (Å²) < 4.78 is 5.36. The number of nitrogens with one attached hydrogen (secondary N) is 1. The first-order valence-corrected chi connectivity index (χ1v) is 12.6. The van der Waals surface area contributed by atoms with Crippen LogP contribution in [-0.2, 0) is 0 Å². The summed E-state index contributed by atoms with van der Waals surface area (Å²) in [5, 5.41) is 3.51. The van der Waals surface area contributed by atoms with Crippen molar-refractivity contribution in [3.05, 3.63) is 24.2 Å². The number of carbonyl (C=O) groups is 2. The fourth-order valence-electron chi connectivity index (χ4n) is 7.47. The summed E-state index contributed by atoms with van der Waals surface area (Å²) in [7, 11) is 0. The molecule has 0 unspecified atom stereocenters. The third-order valence-corrected chi connectivity index (χ3v) is 9.95. The second kappa shape index (κ2) is 6.94. The van der Waals surface area contributed by atoms with Crippen molar-refractivity contribution in [1.82, 2.24) is 15.1 Å². The summed E-state index contributed by atoms with van der Waals surface area (Å²) in [6, 6.07) is 3.63. The van der Waals surface area contributed by atoms with E-state index in [1.807, 2.05) is 21.6 Å². The van der Waals surface area contributed by atoms with E-state index in [-0.39, 0.29) is 22.3 Å². The number of furan rings is 1. The first-order valence-electron chi connectivity index (χ1n) is 11.6. The van der Waals surface area contributed by atoms with Gasteiger partial charge in [-0.15, -0.1) is 11.8 Å². The maximum absolute atomic E-state index is 13.2. The van der Waals surface area contributed by atoms with E-state index in [1.165, 1.54) is 38.5 Å². The number of likely N-dealkylation sites (tertiary alicyclic amines) is 1. The molecule has 4 bridgehead atoms. The van der Waals surface area contributed by atoms with Gasteiger partial charge < -0.3 is 19.5 Å². The van der Waals surface area contributed by atoms with E-state index in [4.69, 9.17) is 4.42 Å². The molecule has 1 aromatic heterocycles. The van der Waals surface area contributed by atoms with E-state index in [1.54, 1.807) is 18.4 Å². The first-order chi connectivity index (χ1) is 14.5. The molecule has 0 aromatic carbocycles. The summed E-state index contributed by atoms with van der Waals surface area (Å²) in [6.45, 7) is 2.18. The molecule has 1 aromatic rings. The molecule has 0 radical (unpaired) electrons. The Labute approximate surface area is 182 Å². The van der Waals surface area contributed by atoms with Crippen molar-refractivity contribution in [2.24, 2.45) is 17.8 Å². The van der Waals surface area contributed by atoms with E-state index in [9.17, 15) is 9.59 Å². The number of nitrogens with zero attached hydrogens (tertiary/aromatic N) is 2. The van der Waals surface area contributed by atoms with Gasteiger partial charge in [0.25, 0.3) is 5.91 Å². The largest absolute Gasteiger partial charge is 0.459 e. The molecule has 7 heteroatoms. The summed E-state index contributed by atoms with van der Waals surface area (Å²) in [5.74, 6) is 3.84. The van der Waals surface area contributed by atoms with Crippen LogP contribution in [0.5, 0.6) is 0 Å². The third kappa shape index (κ3) is 3.07. The maximum atomic E-state index is 13.2. The minimum atomic E-state index is -0.193. The summed E-state index contributed by atoms with van der Waals surface area (Å²) in [6.07, 6.45) is 10.9. The smallest absolute Gasteiger partial charge is 0.317 e. The molecule has 4 saturated carbocycles. The molecular formula is C23H31N3O3S. The van der Waals surface area contributed by atoms with Gasteiger partial charge in [-0.05, 0) is 81.3 Å². The second-order valence-corrected chi connectivity index (χ2v) is 11.8. The van der Waals surface area contributed by atoms with E-state index in [0.717, 1.165) is 42.9 Å². The first kappa shape index (κ1) is 19.1. The number of thioether (sulfide) groups is 1. The molecule has 2 aliphatic heterocycles. The molecule has 4 aliphatic carbocycles. The predicted molar refractivity (Wildman–Crippen MR) is 115 cm³/mol. The van der Waals surface area contributed by atoms with E-state index in [0.29, 0.717) is 18.8 Å². The zero-order valence-electron chi connectivity index (χ0n) is 17.5. The Morgan fingerprint density at radius 2 is 1.70 bits per heavy atom. The molecular weight excluding hydrogens is 398 g/mol. The quantitative estimate of drug-likeness (QED) is 0.773. The normalized spacial score (nSPS) is 36.5. The monoisotopic (exact) mass is 429 g/mol. The number of hydrogen-bond donors (Lipinski definition) is 1. The van der Waals surface area contributed by atoms with E-state index < -0.39 is 0 Å². The van der Waals surface area contributed by atoms with Crippen molar-refractivity contribution in [3.63, 3.8) is 0 Å². The topological polar surface area (TPSA) is 65.8 Å². The molecule has 162 valence electrons. The molecule has 1 N–H and O–H groups in total. The number of hydrogen-bond acceptors (Lipinski definition) is 4. The highest BCUT2D eigenvalue weighted by Crippen LogP contribution is 2.55. The molecule has 30 heavy (non-hydrogen) atoms. The van der Waals surface area contributed by atoms with Crippen molar-refractivity contribution in [2.45, 2.75) is 61.8 Å². The van der Waals surface area contributed by atoms with Gasteiger partial charge in [0.2, 0.25) is 0 Å². The van der Waals surface area contributed by atoms with Crippen molar-refractivity contribution < 1.29 is 14.0 Å². The van der Waals surface area contributed by atoms with Gasteiger partial charge in [0, 0.05) is 30.9 Å². The lowest BCUT2D eigenvalue weighted by atomic mass is 9.53. The number of rotatable bonds is 2. The Morgan fingerprint density at radius 1 is 1.03 bits per heavy atom. The van der Waals surface area contributed by atoms with Crippen molar-refractivity contribution in [1.29, 1.82) is 0 Å². The van der Waals surface area contributed by atoms with Gasteiger partial charge in [-0.25, -0.2) is 4.79 Å². The van der Waals surface area contributed by atoms with Gasteiger partial charge in [0.1, 0.15) is 0 Å². The van der Waals surface area contributed by atoms with Crippen LogP contribution in [0.15, 0.2) is 22.8 Å². The van der Waals surface area contributed by atoms with E-state index >= 15 is 0 Å². The highest BCUT2D eigenvalue weighted by Gasteiger charge is 2.53. The van der Waals surface area contributed by atoms with Crippen LogP contribution in [0, 0.1) is 17.8 Å². The molecule has 3 amide bonds. The molecule has 7 rings (SSSR count). The summed E-state index contributed by atoms with van der Waals surface area (Å²) in [5.41, 5.74) is 0.0599. The Hall–Kier alpha value is -1.63. The van der Waals surface area contributed by atoms with Gasteiger partial charge in [-0.2, -0.15) is 0 Å². The van der Waals surface area contributed by atoms with Gasteiger partial charge in [-0.3, -0.25) is 4.79 Å². The second-order valence-electron chi connectivity index (χ2n) is 10.3. The SMILES string of the molecule is O=C(NC12CC3CC(CC(C3)C1)C2)N1CCC2(CC1)SCCN2C(=O)c1ccco1. The third-order valence-electron chi connectivity index (χ3n) is 8.40. The highest BCUT2D eigenvalue weighted by molar-refractivity contribution is 8.00. The van der Waals surface area contributed by atoms with Crippen molar-refractivity contribution >= 4 is 23.7 Å². The lowest BCUT2D eigenvalue weighted by Crippen LogP contribution is -2.63. The van der Waals surface area contributed by atoms with Gasteiger partial charge >= 0.3 is 6.03 Å². The van der Waals surface area contributed by atoms with Crippen LogP contribution in [0.3, 0.4) is 0 Å². The van der Waals surface area contributed by atoms with Gasteiger partial charge in [0.15, 0.2) is 5.76 Å². The zero-order valence-corrected chi connectivity index (χ0v) is 18.3. The van der Waals surface area contributed by atoms with Crippen LogP contribution >= 0.6 is 11.8 Å². The van der Waals surface area contributed by atoms with E-state index in [2.05, 4.69) is 5.32 Å². The van der Waals surface area contributed by atoms with Crippen molar-refractivity contribution in [3.8, 4) is 0 Å². The number of amides is 3. The summed E-state index contributed by atoms with van der Waals surface area (Å²) in [4.78, 5) is 29.9. The Bertz CT molecular complexity index is 795. The zero-order chi connectivity index (χ0) is 20.3. The van der Waals surface area contributed by atoms with Gasteiger partial charge in [-0.1, -0.05) is 0 Å². The molecule has 6 fully saturated rings. The molecule has 0 atom stereocenters. The minimum Gasteiger partial charge on any atom is -0.459 e. The molecule has 1 spiro atoms. The lowest BCUT2D eigenvalue weighted by Gasteiger charge is -2.57. The average Bonchev–Trinajstić information content (AvgIpc) is 3.37. The number of urea groups is 1. The Kier molecular flexibility index (Phi) is 4.41. The van der Waals surface area contributed by atoms with Crippen LogP contribution in [0.1, 0.15) is 61.9 Å². The fourth-order valence-corrected chi connectivity index (χ4v) is 8.93. The summed E-state index contributed by atoms with van der Waals surface area (Å²) >= 11 is 1.87. The lowest BCUT2D eigenvalue weighted by molar-refractivity contribution is -0.0164. The van der Waals surface area contributed by atoms with Crippen LogP contribution in [0.25, 0.3) is 0 Å². The van der Waals surface area contributed by atoms with Crippen molar-refractivity contribution in [2.75, 3.05) is 25.4 Å². The number of piperidine rings is 1. The fraction of sp³-hybridized carbons (Fsp3) is 0.739. The molecule has 6 aliphatic rings. The van der Waals surface area contributed by atoms with Gasteiger partial charge in [0.05, 0.1) is 11.1 Å². The van der Waals surface area contributed by atoms with Crippen LogP contribution in [-0.4, -0.2) is 57.5 Å². The minimum absolute atomic E-state index is 0.0172. The molecule has 3 heterocycles. The van der Waals surface area contributed by atoms with Crippen LogP contribution in [0.2, 0.25) is 0 Å². The Morgan fingerprint density at radius 3 is 2.30 bits per heavy atom. The molecule has 2 saturated heterocycles. The molecule has 6 nitrogen and oxygen atoms in total. The highest BCUT2D eigenvalue weighted by atomic mass is 32.2. The average molecular weight is 430 g/mol. The van der Waals surface area contributed by atoms with Crippen LogP contribution in [0.4, 0.5) is 4.79 Å².